The molecular formula is C14H12Br2F2N2. The summed E-state index contributed by atoms with van der Waals surface area (Å²) in [6.45, 7) is 0. The molecule has 0 spiro atoms. The smallest absolute Gasteiger partial charge is 0.159 e. The lowest BCUT2D eigenvalue weighted by Gasteiger charge is -2.18. The standard InChI is InChI=1S/C14H12Br2F2N2/c15-9-2-3-11(16)10(7-9)14(20-19)6-8-1-4-12(17)13(18)5-8/h1-5,7,14,20H,6,19H2. The molecule has 0 fully saturated rings. The van der Waals surface area contributed by atoms with Crippen LogP contribution in [0.1, 0.15) is 17.2 Å². The molecule has 2 nitrogen and oxygen atoms in total. The Morgan fingerprint density at radius 3 is 2.45 bits per heavy atom. The van der Waals surface area contributed by atoms with E-state index in [4.69, 9.17) is 5.84 Å². The van der Waals surface area contributed by atoms with Crippen molar-refractivity contribution in [2.45, 2.75) is 12.5 Å². The molecule has 2 aromatic rings. The first-order valence-electron chi connectivity index (χ1n) is 5.86. The van der Waals surface area contributed by atoms with Gasteiger partial charge in [0, 0.05) is 8.95 Å². The molecule has 1 atom stereocenters. The van der Waals surface area contributed by atoms with Gasteiger partial charge in [0.2, 0.25) is 0 Å². The highest BCUT2D eigenvalue weighted by Gasteiger charge is 2.15. The van der Waals surface area contributed by atoms with Crippen molar-refractivity contribution in [1.29, 1.82) is 0 Å². The fourth-order valence-corrected chi connectivity index (χ4v) is 2.84. The zero-order valence-corrected chi connectivity index (χ0v) is 13.5. The Labute approximate surface area is 132 Å². The van der Waals surface area contributed by atoms with Crippen molar-refractivity contribution in [2.24, 2.45) is 5.84 Å². The third kappa shape index (κ3) is 3.63. The van der Waals surface area contributed by atoms with Crippen molar-refractivity contribution >= 4 is 31.9 Å². The number of hydrogen-bond acceptors (Lipinski definition) is 2. The molecular weight excluding hydrogens is 394 g/mol. The summed E-state index contributed by atoms with van der Waals surface area (Å²) in [7, 11) is 0. The van der Waals surface area contributed by atoms with Gasteiger partial charge in [-0.1, -0.05) is 37.9 Å². The number of nitrogens with one attached hydrogen (secondary N) is 1. The summed E-state index contributed by atoms with van der Waals surface area (Å²) < 4.78 is 28.0. The van der Waals surface area contributed by atoms with Crippen molar-refractivity contribution in [2.75, 3.05) is 0 Å². The van der Waals surface area contributed by atoms with Gasteiger partial charge in [-0.05, 0) is 47.9 Å². The Hall–Kier alpha value is -0.820. The van der Waals surface area contributed by atoms with Crippen molar-refractivity contribution in [3.63, 3.8) is 0 Å². The van der Waals surface area contributed by atoms with Crippen LogP contribution in [0.25, 0.3) is 0 Å². The molecule has 0 heterocycles. The first kappa shape index (κ1) is 15.6. The molecule has 0 saturated carbocycles. The van der Waals surface area contributed by atoms with Crippen molar-refractivity contribution in [3.8, 4) is 0 Å². The van der Waals surface area contributed by atoms with E-state index in [0.29, 0.717) is 12.0 Å². The minimum absolute atomic E-state index is 0.216. The molecule has 20 heavy (non-hydrogen) atoms. The zero-order valence-electron chi connectivity index (χ0n) is 10.3. The largest absolute Gasteiger partial charge is 0.271 e. The summed E-state index contributed by atoms with van der Waals surface area (Å²) >= 11 is 6.86. The molecule has 0 aliphatic heterocycles. The molecule has 0 aromatic heterocycles. The van der Waals surface area contributed by atoms with E-state index < -0.39 is 11.6 Å². The highest BCUT2D eigenvalue weighted by molar-refractivity contribution is 9.11. The molecule has 0 aliphatic rings. The van der Waals surface area contributed by atoms with Crippen LogP contribution in [0.15, 0.2) is 45.3 Å². The van der Waals surface area contributed by atoms with Crippen LogP contribution in [-0.4, -0.2) is 0 Å². The maximum Gasteiger partial charge on any atom is 0.159 e. The average Bonchev–Trinajstić information content (AvgIpc) is 2.43. The van der Waals surface area contributed by atoms with E-state index in [-0.39, 0.29) is 6.04 Å². The van der Waals surface area contributed by atoms with Gasteiger partial charge < -0.3 is 0 Å². The van der Waals surface area contributed by atoms with Crippen molar-refractivity contribution in [3.05, 3.63) is 68.1 Å². The summed E-state index contributed by atoms with van der Waals surface area (Å²) in [6.07, 6.45) is 0.447. The quantitative estimate of drug-likeness (QED) is 0.589. The van der Waals surface area contributed by atoms with Gasteiger partial charge in [-0.2, -0.15) is 0 Å². The second-order valence-corrected chi connectivity index (χ2v) is 6.11. The van der Waals surface area contributed by atoms with Gasteiger partial charge in [0.1, 0.15) is 0 Å². The van der Waals surface area contributed by atoms with E-state index in [0.717, 1.165) is 20.6 Å². The van der Waals surface area contributed by atoms with Crippen LogP contribution in [0.2, 0.25) is 0 Å². The molecule has 0 aliphatic carbocycles. The molecule has 0 bridgehead atoms. The van der Waals surface area contributed by atoms with E-state index in [1.165, 1.54) is 6.07 Å². The SMILES string of the molecule is NNC(Cc1ccc(F)c(F)c1)c1cc(Br)ccc1Br. The third-order valence-corrected chi connectivity index (χ3v) is 4.17. The normalized spacial score (nSPS) is 12.4. The molecule has 0 amide bonds. The number of nitrogens with two attached hydrogens (primary N) is 1. The highest BCUT2D eigenvalue weighted by Crippen LogP contribution is 2.29. The maximum atomic E-state index is 13.2. The van der Waals surface area contributed by atoms with Crippen molar-refractivity contribution in [1.82, 2.24) is 5.43 Å². The summed E-state index contributed by atoms with van der Waals surface area (Å²) in [5, 5.41) is 0. The third-order valence-electron chi connectivity index (χ3n) is 2.96. The van der Waals surface area contributed by atoms with E-state index >= 15 is 0 Å². The van der Waals surface area contributed by atoms with Gasteiger partial charge in [0.15, 0.2) is 11.6 Å². The molecule has 106 valence electrons. The van der Waals surface area contributed by atoms with E-state index in [1.54, 1.807) is 6.07 Å². The molecule has 3 N–H and O–H groups in total. The number of benzene rings is 2. The predicted octanol–water partition coefficient (Wildman–Crippen LogP) is 4.24. The van der Waals surface area contributed by atoms with Crippen LogP contribution >= 0.6 is 31.9 Å². The molecule has 0 saturated heterocycles. The van der Waals surface area contributed by atoms with Crippen molar-refractivity contribution < 1.29 is 8.78 Å². The second-order valence-electron chi connectivity index (χ2n) is 4.34. The number of hydrazine groups is 1. The summed E-state index contributed by atoms with van der Waals surface area (Å²) in [5.74, 6) is 3.88. The van der Waals surface area contributed by atoms with E-state index in [1.807, 2.05) is 18.2 Å². The van der Waals surface area contributed by atoms with Crippen LogP contribution in [0.5, 0.6) is 0 Å². The van der Waals surface area contributed by atoms with Gasteiger partial charge in [0.05, 0.1) is 6.04 Å². The summed E-state index contributed by atoms with van der Waals surface area (Å²) in [6, 6.07) is 9.36. The van der Waals surface area contributed by atoms with Gasteiger partial charge in [0.25, 0.3) is 0 Å². The summed E-state index contributed by atoms with van der Waals surface area (Å²) in [4.78, 5) is 0. The Morgan fingerprint density at radius 2 is 1.80 bits per heavy atom. The van der Waals surface area contributed by atoms with Gasteiger partial charge in [-0.25, -0.2) is 8.78 Å². The molecule has 6 heteroatoms. The topological polar surface area (TPSA) is 38.0 Å². The number of hydrogen-bond donors (Lipinski definition) is 2. The fourth-order valence-electron chi connectivity index (χ4n) is 1.94. The first-order chi connectivity index (χ1) is 9.51. The molecule has 2 rings (SSSR count). The van der Waals surface area contributed by atoms with Crippen LogP contribution in [0.4, 0.5) is 8.78 Å². The average molecular weight is 406 g/mol. The van der Waals surface area contributed by atoms with Gasteiger partial charge in [-0.3, -0.25) is 11.3 Å². The minimum Gasteiger partial charge on any atom is -0.271 e. The highest BCUT2D eigenvalue weighted by atomic mass is 79.9. The molecule has 0 radical (unpaired) electrons. The fraction of sp³-hybridized carbons (Fsp3) is 0.143. The number of halogens is 4. The van der Waals surface area contributed by atoms with Gasteiger partial charge in [-0.15, -0.1) is 0 Å². The second kappa shape index (κ2) is 6.76. The Morgan fingerprint density at radius 1 is 1.05 bits per heavy atom. The van der Waals surface area contributed by atoms with Crippen LogP contribution < -0.4 is 11.3 Å². The summed E-state index contributed by atoms with van der Waals surface area (Å²) in [5.41, 5.74) is 4.30. The van der Waals surface area contributed by atoms with Gasteiger partial charge >= 0.3 is 0 Å². The predicted molar refractivity (Wildman–Crippen MR) is 82.0 cm³/mol. The van der Waals surface area contributed by atoms with Crippen LogP contribution in [0, 0.1) is 11.6 Å². The lowest BCUT2D eigenvalue weighted by Crippen LogP contribution is -2.30. The lowest BCUT2D eigenvalue weighted by atomic mass is 9.99. The maximum absolute atomic E-state index is 13.2. The van der Waals surface area contributed by atoms with E-state index in [2.05, 4.69) is 37.3 Å². The Bertz CT molecular complexity index is 620. The Balaban J connectivity index is 2.28. The van der Waals surface area contributed by atoms with E-state index in [9.17, 15) is 8.78 Å². The Kier molecular flexibility index (Phi) is 5.26. The molecule has 2 aromatic carbocycles. The first-order valence-corrected chi connectivity index (χ1v) is 7.45. The lowest BCUT2D eigenvalue weighted by molar-refractivity contribution is 0.502. The molecule has 1 unspecified atom stereocenters. The van der Waals surface area contributed by atoms with Crippen LogP contribution in [-0.2, 0) is 6.42 Å². The monoisotopic (exact) mass is 404 g/mol. The zero-order chi connectivity index (χ0) is 14.7. The minimum atomic E-state index is -0.855. The number of rotatable bonds is 4. The van der Waals surface area contributed by atoms with Crippen LogP contribution in [0.3, 0.4) is 0 Å².